The fourth-order valence-electron chi connectivity index (χ4n) is 2.14. The van der Waals surface area contributed by atoms with Gasteiger partial charge in [0.2, 0.25) is 0 Å². The highest BCUT2D eigenvalue weighted by atomic mass is 79.9. The third kappa shape index (κ3) is 4.83. The summed E-state index contributed by atoms with van der Waals surface area (Å²) >= 11 is 3.21. The number of rotatable bonds is 3. The molecule has 1 aliphatic heterocycles. The van der Waals surface area contributed by atoms with Crippen molar-refractivity contribution in [3.63, 3.8) is 0 Å². The van der Waals surface area contributed by atoms with Crippen LogP contribution in [0.15, 0.2) is 22.7 Å². The second-order valence-corrected chi connectivity index (χ2v) is 5.04. The Bertz CT molecular complexity index is 390. The Balaban J connectivity index is 0.00000162. The van der Waals surface area contributed by atoms with Gasteiger partial charge in [-0.25, -0.2) is 8.78 Å². The van der Waals surface area contributed by atoms with Crippen LogP contribution in [0.25, 0.3) is 0 Å². The Labute approximate surface area is 132 Å². The van der Waals surface area contributed by atoms with Gasteiger partial charge in [0.25, 0.3) is 0 Å². The molecule has 1 aromatic rings. The molecule has 1 N–H and O–H groups in total. The summed E-state index contributed by atoms with van der Waals surface area (Å²) in [4.78, 5) is 1.99. The van der Waals surface area contributed by atoms with Crippen LogP contribution in [0.3, 0.4) is 0 Å². The van der Waals surface area contributed by atoms with Gasteiger partial charge in [0.1, 0.15) is 12.5 Å². The predicted octanol–water partition coefficient (Wildman–Crippen LogP) is 3.35. The number of halogens is 5. The third-order valence-corrected chi connectivity index (χ3v) is 3.55. The van der Waals surface area contributed by atoms with E-state index in [1.165, 1.54) is 6.07 Å². The maximum atomic E-state index is 13.8. The van der Waals surface area contributed by atoms with Crippen molar-refractivity contribution in [2.75, 3.05) is 32.9 Å². The van der Waals surface area contributed by atoms with E-state index in [1.807, 2.05) is 4.90 Å². The van der Waals surface area contributed by atoms with Crippen LogP contribution in [0.4, 0.5) is 8.78 Å². The average Bonchev–Trinajstić information content (AvgIpc) is 2.34. The van der Waals surface area contributed by atoms with Crippen molar-refractivity contribution in [2.45, 2.75) is 6.04 Å². The summed E-state index contributed by atoms with van der Waals surface area (Å²) in [6.45, 7) is 2.61. The highest BCUT2D eigenvalue weighted by molar-refractivity contribution is 9.10. The molecular formula is C12H17BrCl2F2N2. The van der Waals surface area contributed by atoms with Gasteiger partial charge < -0.3 is 5.32 Å². The van der Waals surface area contributed by atoms with Gasteiger partial charge in [-0.05, 0) is 12.1 Å². The smallest absolute Gasteiger partial charge is 0.129 e. The van der Waals surface area contributed by atoms with Crippen molar-refractivity contribution < 1.29 is 8.78 Å². The molecule has 1 heterocycles. The lowest BCUT2D eigenvalue weighted by Crippen LogP contribution is -2.45. The Morgan fingerprint density at radius 1 is 1.26 bits per heavy atom. The minimum atomic E-state index is -0.557. The monoisotopic (exact) mass is 376 g/mol. The van der Waals surface area contributed by atoms with E-state index in [2.05, 4.69) is 21.2 Å². The van der Waals surface area contributed by atoms with Crippen LogP contribution in [-0.4, -0.2) is 37.8 Å². The number of alkyl halides is 1. The standard InChI is InChI=1S/C12H15BrF2N2.2ClH/c13-9-1-2-10(11(15)7-9)12(8-14)17-5-3-16-4-6-17;;/h1-2,7,12,16H,3-6,8H2;2*1H/t12-;;/m0../s1. The Hall–Kier alpha value is 0.0600. The average molecular weight is 378 g/mol. The van der Waals surface area contributed by atoms with Gasteiger partial charge in [0.15, 0.2) is 0 Å². The van der Waals surface area contributed by atoms with Crippen LogP contribution in [-0.2, 0) is 0 Å². The summed E-state index contributed by atoms with van der Waals surface area (Å²) in [5.74, 6) is -0.347. The molecule has 0 unspecified atom stereocenters. The molecule has 2 nitrogen and oxygen atoms in total. The molecule has 1 aliphatic rings. The van der Waals surface area contributed by atoms with Crippen LogP contribution in [0, 0.1) is 5.82 Å². The molecule has 0 spiro atoms. The zero-order valence-electron chi connectivity index (χ0n) is 10.2. The minimum Gasteiger partial charge on any atom is -0.314 e. The van der Waals surface area contributed by atoms with E-state index in [0.717, 1.165) is 26.2 Å². The normalized spacial score (nSPS) is 17.2. The summed E-state index contributed by atoms with van der Waals surface area (Å²) < 4.78 is 27.6. The van der Waals surface area contributed by atoms with E-state index in [9.17, 15) is 8.78 Å². The number of hydrogen-bond acceptors (Lipinski definition) is 2. The first-order valence-electron chi connectivity index (χ1n) is 5.68. The van der Waals surface area contributed by atoms with E-state index in [4.69, 9.17) is 0 Å². The van der Waals surface area contributed by atoms with Gasteiger partial charge in [0.05, 0.1) is 6.04 Å². The van der Waals surface area contributed by atoms with Gasteiger partial charge in [-0.2, -0.15) is 0 Å². The number of nitrogens with one attached hydrogen (secondary N) is 1. The molecule has 0 saturated carbocycles. The molecule has 7 heteroatoms. The summed E-state index contributed by atoms with van der Waals surface area (Å²) in [5, 5.41) is 3.20. The fourth-order valence-corrected chi connectivity index (χ4v) is 2.48. The van der Waals surface area contributed by atoms with Crippen LogP contribution < -0.4 is 5.32 Å². The second kappa shape index (κ2) is 9.08. The van der Waals surface area contributed by atoms with Crippen molar-refractivity contribution in [1.29, 1.82) is 0 Å². The lowest BCUT2D eigenvalue weighted by atomic mass is 10.1. The Kier molecular flexibility index (Phi) is 9.11. The lowest BCUT2D eigenvalue weighted by molar-refractivity contribution is 0.144. The van der Waals surface area contributed by atoms with Crippen molar-refractivity contribution >= 4 is 40.7 Å². The Morgan fingerprint density at radius 3 is 2.42 bits per heavy atom. The topological polar surface area (TPSA) is 15.3 Å². The summed E-state index contributed by atoms with van der Waals surface area (Å²) in [6.07, 6.45) is 0. The molecule has 0 aromatic heterocycles. The van der Waals surface area contributed by atoms with Gasteiger partial charge in [-0.15, -0.1) is 24.8 Å². The van der Waals surface area contributed by atoms with Crippen molar-refractivity contribution in [2.24, 2.45) is 0 Å². The van der Waals surface area contributed by atoms with Gasteiger partial charge in [-0.1, -0.05) is 22.0 Å². The van der Waals surface area contributed by atoms with Crippen LogP contribution in [0.2, 0.25) is 0 Å². The maximum absolute atomic E-state index is 13.8. The van der Waals surface area contributed by atoms with Crippen molar-refractivity contribution in [3.8, 4) is 0 Å². The quantitative estimate of drug-likeness (QED) is 0.868. The number of nitrogens with zero attached hydrogens (tertiary/aromatic N) is 1. The minimum absolute atomic E-state index is 0. The first-order chi connectivity index (χ1) is 8.22. The van der Waals surface area contributed by atoms with E-state index >= 15 is 0 Å². The molecular weight excluding hydrogens is 361 g/mol. The summed E-state index contributed by atoms with van der Waals surface area (Å²) in [5.41, 5.74) is 0.442. The van der Waals surface area contributed by atoms with Crippen molar-refractivity contribution in [1.82, 2.24) is 10.2 Å². The zero-order valence-corrected chi connectivity index (χ0v) is 13.5. The second-order valence-electron chi connectivity index (χ2n) is 4.12. The molecule has 0 amide bonds. The van der Waals surface area contributed by atoms with E-state index in [0.29, 0.717) is 10.0 Å². The molecule has 0 radical (unpaired) electrons. The first kappa shape index (κ1) is 19.1. The SMILES string of the molecule is Cl.Cl.FC[C@@H](c1ccc(Br)cc1F)N1CCNCC1. The predicted molar refractivity (Wildman–Crippen MR) is 81.8 cm³/mol. The molecule has 2 rings (SSSR count). The number of piperazine rings is 1. The summed E-state index contributed by atoms with van der Waals surface area (Å²) in [6, 6.07) is 4.33. The lowest BCUT2D eigenvalue weighted by Gasteiger charge is -2.33. The number of hydrogen-bond donors (Lipinski definition) is 1. The first-order valence-corrected chi connectivity index (χ1v) is 6.47. The molecule has 1 aromatic carbocycles. The fraction of sp³-hybridized carbons (Fsp3) is 0.500. The van der Waals surface area contributed by atoms with E-state index in [-0.39, 0.29) is 30.6 Å². The van der Waals surface area contributed by atoms with Gasteiger partial charge in [0, 0.05) is 36.2 Å². The van der Waals surface area contributed by atoms with Crippen molar-refractivity contribution in [3.05, 3.63) is 34.1 Å². The molecule has 110 valence electrons. The largest absolute Gasteiger partial charge is 0.314 e. The molecule has 1 fully saturated rings. The molecule has 0 bridgehead atoms. The Morgan fingerprint density at radius 2 is 1.89 bits per heavy atom. The highest BCUT2D eigenvalue weighted by Gasteiger charge is 2.24. The number of benzene rings is 1. The molecule has 0 aliphatic carbocycles. The molecule has 1 saturated heterocycles. The van der Waals surface area contributed by atoms with Gasteiger partial charge in [-0.3, -0.25) is 4.90 Å². The molecule has 19 heavy (non-hydrogen) atoms. The third-order valence-electron chi connectivity index (χ3n) is 3.06. The van der Waals surface area contributed by atoms with E-state index < -0.39 is 12.7 Å². The highest BCUT2D eigenvalue weighted by Crippen LogP contribution is 2.26. The van der Waals surface area contributed by atoms with E-state index in [1.54, 1.807) is 12.1 Å². The van der Waals surface area contributed by atoms with Crippen LogP contribution in [0.5, 0.6) is 0 Å². The van der Waals surface area contributed by atoms with Crippen LogP contribution in [0.1, 0.15) is 11.6 Å². The maximum Gasteiger partial charge on any atom is 0.129 e. The molecule has 1 atom stereocenters. The van der Waals surface area contributed by atoms with Gasteiger partial charge >= 0.3 is 0 Å². The summed E-state index contributed by atoms with van der Waals surface area (Å²) in [7, 11) is 0. The van der Waals surface area contributed by atoms with Crippen LogP contribution >= 0.6 is 40.7 Å². The zero-order chi connectivity index (χ0) is 12.3.